The summed E-state index contributed by atoms with van der Waals surface area (Å²) in [5.41, 5.74) is 11.7. The van der Waals surface area contributed by atoms with Gasteiger partial charge in [0.05, 0.1) is 17.7 Å². The first-order chi connectivity index (χ1) is 13.6. The molecule has 0 spiro atoms. The molecule has 4 rings (SSSR count). The number of hydrogen-bond donors (Lipinski definition) is 3. The summed E-state index contributed by atoms with van der Waals surface area (Å²) in [4.78, 5) is 8.96. The van der Waals surface area contributed by atoms with Gasteiger partial charge in [-0.1, -0.05) is 24.3 Å². The molecule has 5 N–H and O–H groups in total. The van der Waals surface area contributed by atoms with Gasteiger partial charge in [-0.2, -0.15) is 0 Å². The van der Waals surface area contributed by atoms with Crippen LogP contribution >= 0.6 is 0 Å². The standard InChI is InChI=1S/C20H18FN7/c1-28-11-25-18(17-10-12(8-9-24-17)20(22)26-27-23)19(28)15-6-7-16(21)14-5-3-2-4-13(14)15/h2-11,27H,23H2,1H3,(H2,22,26). The van der Waals surface area contributed by atoms with E-state index < -0.39 is 0 Å². The molecule has 2 aromatic carbocycles. The Balaban J connectivity index is 1.93. The first kappa shape index (κ1) is 17.6. The Morgan fingerprint density at radius 1 is 1.11 bits per heavy atom. The molecule has 140 valence electrons. The zero-order valence-corrected chi connectivity index (χ0v) is 15.1. The van der Waals surface area contributed by atoms with Crippen LogP contribution in [-0.4, -0.2) is 20.4 Å². The lowest BCUT2D eigenvalue weighted by atomic mass is 9.99. The molecule has 0 saturated carbocycles. The van der Waals surface area contributed by atoms with Crippen LogP contribution in [0.3, 0.4) is 0 Å². The molecular formula is C20H18FN7. The van der Waals surface area contributed by atoms with Crippen molar-refractivity contribution in [2.24, 2.45) is 23.7 Å². The molecule has 0 aliphatic heterocycles. The number of aromatic nitrogens is 3. The Morgan fingerprint density at radius 3 is 2.68 bits per heavy atom. The minimum Gasteiger partial charge on any atom is -0.382 e. The van der Waals surface area contributed by atoms with Crippen molar-refractivity contribution in [2.45, 2.75) is 0 Å². The fraction of sp³-hybridized carbons (Fsp3) is 0.0500. The third-order valence-electron chi connectivity index (χ3n) is 4.55. The number of halogens is 1. The highest BCUT2D eigenvalue weighted by Gasteiger charge is 2.18. The van der Waals surface area contributed by atoms with Gasteiger partial charge in [-0.3, -0.25) is 4.98 Å². The van der Waals surface area contributed by atoms with E-state index in [1.165, 1.54) is 6.07 Å². The molecule has 0 atom stereocenters. The number of nitrogens with one attached hydrogen (secondary N) is 1. The largest absolute Gasteiger partial charge is 0.382 e. The van der Waals surface area contributed by atoms with E-state index in [1.54, 1.807) is 36.8 Å². The van der Waals surface area contributed by atoms with Crippen LogP contribution < -0.4 is 17.1 Å². The highest BCUT2D eigenvalue weighted by atomic mass is 19.1. The van der Waals surface area contributed by atoms with Gasteiger partial charge in [0.2, 0.25) is 0 Å². The molecule has 2 heterocycles. The van der Waals surface area contributed by atoms with Crippen molar-refractivity contribution < 1.29 is 4.39 Å². The molecule has 0 unspecified atom stereocenters. The topological polar surface area (TPSA) is 107 Å². The fourth-order valence-electron chi connectivity index (χ4n) is 3.26. The molecule has 0 amide bonds. The molecule has 28 heavy (non-hydrogen) atoms. The molecule has 4 aromatic rings. The molecule has 2 aromatic heterocycles. The Hall–Kier alpha value is -3.78. The second-order valence-electron chi connectivity index (χ2n) is 6.25. The zero-order chi connectivity index (χ0) is 19.7. The fourth-order valence-corrected chi connectivity index (χ4v) is 3.26. The van der Waals surface area contributed by atoms with Crippen LogP contribution in [0.15, 0.2) is 66.2 Å². The molecule has 0 aliphatic carbocycles. The summed E-state index contributed by atoms with van der Waals surface area (Å²) in [6.45, 7) is 0. The summed E-state index contributed by atoms with van der Waals surface area (Å²) in [7, 11) is 1.89. The van der Waals surface area contributed by atoms with Crippen molar-refractivity contribution in [1.29, 1.82) is 0 Å². The summed E-state index contributed by atoms with van der Waals surface area (Å²) in [6, 6.07) is 14.1. The van der Waals surface area contributed by atoms with Gasteiger partial charge in [-0.25, -0.2) is 20.8 Å². The average molecular weight is 375 g/mol. The number of imidazole rings is 1. The number of hydrogen-bond acceptors (Lipinski definition) is 5. The number of pyridine rings is 1. The normalized spacial score (nSPS) is 11.8. The highest BCUT2D eigenvalue weighted by molar-refractivity contribution is 6.00. The number of nitrogens with two attached hydrogens (primary N) is 2. The van der Waals surface area contributed by atoms with Crippen LogP contribution in [0.2, 0.25) is 0 Å². The molecule has 8 heteroatoms. The smallest absolute Gasteiger partial charge is 0.152 e. The second-order valence-corrected chi connectivity index (χ2v) is 6.25. The minimum atomic E-state index is -0.263. The molecule has 7 nitrogen and oxygen atoms in total. The number of aryl methyl sites for hydroxylation is 1. The third kappa shape index (κ3) is 2.95. The van der Waals surface area contributed by atoms with Gasteiger partial charge in [0.25, 0.3) is 0 Å². The summed E-state index contributed by atoms with van der Waals surface area (Å²) in [5.74, 6) is 5.17. The molecule has 0 bridgehead atoms. The Bertz CT molecular complexity index is 1200. The highest BCUT2D eigenvalue weighted by Crippen LogP contribution is 2.35. The Morgan fingerprint density at radius 2 is 1.89 bits per heavy atom. The van der Waals surface area contributed by atoms with Gasteiger partial charge in [0.1, 0.15) is 11.5 Å². The second kappa shape index (κ2) is 7.09. The number of hydrazine groups is 1. The lowest BCUT2D eigenvalue weighted by Gasteiger charge is -2.11. The van der Waals surface area contributed by atoms with Crippen LogP contribution in [0.4, 0.5) is 4.39 Å². The monoisotopic (exact) mass is 375 g/mol. The van der Waals surface area contributed by atoms with Crippen molar-refractivity contribution in [3.05, 3.63) is 72.4 Å². The quantitative estimate of drug-likeness (QED) is 0.220. The maximum Gasteiger partial charge on any atom is 0.152 e. The molecule has 0 aliphatic rings. The number of hydrazone groups is 1. The van der Waals surface area contributed by atoms with E-state index in [9.17, 15) is 4.39 Å². The number of fused-ring (bicyclic) bond motifs is 1. The van der Waals surface area contributed by atoms with E-state index in [0.717, 1.165) is 16.6 Å². The number of benzene rings is 2. The molecular weight excluding hydrogens is 357 g/mol. The van der Waals surface area contributed by atoms with E-state index in [-0.39, 0.29) is 11.7 Å². The maximum absolute atomic E-state index is 14.3. The third-order valence-corrected chi connectivity index (χ3v) is 4.55. The maximum atomic E-state index is 14.3. The van der Waals surface area contributed by atoms with Crippen LogP contribution in [-0.2, 0) is 7.05 Å². The number of nitrogens with zero attached hydrogens (tertiary/aromatic N) is 4. The van der Waals surface area contributed by atoms with Crippen molar-refractivity contribution in [3.8, 4) is 22.6 Å². The Labute approximate surface area is 160 Å². The lowest BCUT2D eigenvalue weighted by Crippen LogP contribution is -2.23. The first-order valence-corrected chi connectivity index (χ1v) is 8.54. The first-order valence-electron chi connectivity index (χ1n) is 8.54. The van der Waals surface area contributed by atoms with E-state index in [1.807, 2.05) is 29.8 Å². The van der Waals surface area contributed by atoms with Gasteiger partial charge in [0, 0.05) is 29.8 Å². The van der Waals surface area contributed by atoms with Gasteiger partial charge in [-0.15, -0.1) is 5.10 Å². The van der Waals surface area contributed by atoms with E-state index in [0.29, 0.717) is 22.3 Å². The van der Waals surface area contributed by atoms with E-state index in [4.69, 9.17) is 11.6 Å². The zero-order valence-electron chi connectivity index (χ0n) is 15.1. The molecule has 0 radical (unpaired) electrons. The Kier molecular flexibility index (Phi) is 4.46. The minimum absolute atomic E-state index is 0.232. The van der Waals surface area contributed by atoms with Gasteiger partial charge in [-0.05, 0) is 29.7 Å². The van der Waals surface area contributed by atoms with Crippen molar-refractivity contribution in [2.75, 3.05) is 0 Å². The van der Waals surface area contributed by atoms with Crippen molar-refractivity contribution in [1.82, 2.24) is 20.1 Å². The average Bonchev–Trinajstić information content (AvgIpc) is 3.10. The molecule has 0 saturated heterocycles. The molecule has 0 fully saturated rings. The van der Waals surface area contributed by atoms with Crippen LogP contribution in [0, 0.1) is 5.82 Å². The predicted molar refractivity (Wildman–Crippen MR) is 107 cm³/mol. The number of amidine groups is 1. The summed E-state index contributed by atoms with van der Waals surface area (Å²) >= 11 is 0. The van der Waals surface area contributed by atoms with E-state index >= 15 is 0 Å². The SMILES string of the molecule is Cn1cnc(-c2cc(/C(N)=N/NN)ccn2)c1-c1ccc(F)c2ccccc12. The predicted octanol–water partition coefficient (Wildman–Crippen LogP) is 2.53. The van der Waals surface area contributed by atoms with Crippen LogP contribution in [0.25, 0.3) is 33.4 Å². The van der Waals surface area contributed by atoms with Crippen LogP contribution in [0.1, 0.15) is 5.56 Å². The van der Waals surface area contributed by atoms with Crippen molar-refractivity contribution in [3.63, 3.8) is 0 Å². The van der Waals surface area contributed by atoms with Gasteiger partial charge < -0.3 is 10.3 Å². The van der Waals surface area contributed by atoms with E-state index in [2.05, 4.69) is 20.6 Å². The number of rotatable bonds is 4. The summed E-state index contributed by atoms with van der Waals surface area (Å²) < 4.78 is 16.2. The van der Waals surface area contributed by atoms with Crippen LogP contribution in [0.5, 0.6) is 0 Å². The summed E-state index contributed by atoms with van der Waals surface area (Å²) in [5, 5.41) is 5.15. The van der Waals surface area contributed by atoms with Gasteiger partial charge in [0.15, 0.2) is 5.84 Å². The van der Waals surface area contributed by atoms with Gasteiger partial charge >= 0.3 is 0 Å². The van der Waals surface area contributed by atoms with Crippen molar-refractivity contribution >= 4 is 16.6 Å². The lowest BCUT2D eigenvalue weighted by molar-refractivity contribution is 0.640. The summed E-state index contributed by atoms with van der Waals surface area (Å²) in [6.07, 6.45) is 3.33.